The molecule has 1 aromatic heterocycles. The third-order valence-corrected chi connectivity index (χ3v) is 6.08. The highest BCUT2D eigenvalue weighted by Crippen LogP contribution is 2.42. The second kappa shape index (κ2) is 6.44. The fraction of sp³-hybridized carbons (Fsp3) is 0.526. The van der Waals surface area contributed by atoms with Gasteiger partial charge in [-0.2, -0.15) is 0 Å². The standard InChI is InChI=1S/C19H22ClN3O3/c20-15-8-17-16(25-12-26-17)7-14(15)18-22-5-6-23(18)10-13-9-19(11-24-13)1-3-21-4-2-19/h5-8,13,21H,1-4,9-12H2. The Bertz CT molecular complexity index is 816. The van der Waals surface area contributed by atoms with Crippen molar-refractivity contribution in [2.24, 2.45) is 5.41 Å². The first-order chi connectivity index (χ1) is 12.7. The number of imidazole rings is 1. The molecule has 3 aliphatic heterocycles. The Morgan fingerprint density at radius 3 is 2.88 bits per heavy atom. The van der Waals surface area contributed by atoms with Gasteiger partial charge in [0.1, 0.15) is 5.82 Å². The van der Waals surface area contributed by atoms with Crippen LogP contribution >= 0.6 is 11.6 Å². The number of rotatable bonds is 3. The lowest BCUT2D eigenvalue weighted by Crippen LogP contribution is -2.37. The Labute approximate surface area is 157 Å². The Morgan fingerprint density at radius 1 is 1.23 bits per heavy atom. The molecule has 26 heavy (non-hydrogen) atoms. The summed E-state index contributed by atoms with van der Waals surface area (Å²) in [5.74, 6) is 2.23. The van der Waals surface area contributed by atoms with Crippen LogP contribution in [0.15, 0.2) is 24.5 Å². The summed E-state index contributed by atoms with van der Waals surface area (Å²) in [6, 6.07) is 3.71. The minimum Gasteiger partial charge on any atom is -0.454 e. The molecule has 138 valence electrons. The summed E-state index contributed by atoms with van der Waals surface area (Å²) >= 11 is 6.48. The normalized spacial score (nSPS) is 23.7. The van der Waals surface area contributed by atoms with Gasteiger partial charge in [-0.3, -0.25) is 0 Å². The quantitative estimate of drug-likeness (QED) is 0.893. The van der Waals surface area contributed by atoms with Crippen molar-refractivity contribution in [3.05, 3.63) is 29.5 Å². The minimum atomic E-state index is 0.217. The second-order valence-electron chi connectivity index (χ2n) is 7.48. The number of hydrogen-bond donors (Lipinski definition) is 1. The number of ether oxygens (including phenoxy) is 3. The van der Waals surface area contributed by atoms with Crippen LogP contribution in [0.25, 0.3) is 11.4 Å². The van der Waals surface area contributed by atoms with Crippen LogP contribution in [0.1, 0.15) is 19.3 Å². The van der Waals surface area contributed by atoms with Crippen molar-refractivity contribution < 1.29 is 14.2 Å². The van der Waals surface area contributed by atoms with E-state index in [1.54, 1.807) is 6.07 Å². The zero-order valence-corrected chi connectivity index (χ0v) is 15.3. The smallest absolute Gasteiger partial charge is 0.231 e. The fourth-order valence-electron chi connectivity index (χ4n) is 4.33. The third-order valence-electron chi connectivity index (χ3n) is 5.77. The summed E-state index contributed by atoms with van der Waals surface area (Å²) in [6.45, 7) is 4.08. The van der Waals surface area contributed by atoms with Crippen LogP contribution in [-0.4, -0.2) is 42.1 Å². The maximum atomic E-state index is 6.48. The summed E-state index contributed by atoms with van der Waals surface area (Å²) < 4.78 is 19.2. The SMILES string of the molecule is Clc1cc2c(cc1-c1nccn1CC1CC3(CCNCC3)CO1)OCO2. The maximum absolute atomic E-state index is 6.48. The zero-order valence-electron chi connectivity index (χ0n) is 14.5. The first kappa shape index (κ1) is 16.4. The fourth-order valence-corrected chi connectivity index (χ4v) is 4.57. The number of fused-ring (bicyclic) bond motifs is 1. The molecule has 1 atom stereocenters. The first-order valence-electron chi connectivity index (χ1n) is 9.15. The van der Waals surface area contributed by atoms with E-state index in [9.17, 15) is 0 Å². The van der Waals surface area contributed by atoms with Crippen molar-refractivity contribution in [3.63, 3.8) is 0 Å². The largest absolute Gasteiger partial charge is 0.454 e. The number of piperidine rings is 1. The molecule has 0 radical (unpaired) electrons. The highest BCUT2D eigenvalue weighted by atomic mass is 35.5. The topological polar surface area (TPSA) is 57.5 Å². The number of aromatic nitrogens is 2. The molecular formula is C19H22ClN3O3. The van der Waals surface area contributed by atoms with Gasteiger partial charge in [-0.25, -0.2) is 4.98 Å². The molecular weight excluding hydrogens is 354 g/mol. The van der Waals surface area contributed by atoms with Gasteiger partial charge in [0.05, 0.1) is 24.3 Å². The van der Waals surface area contributed by atoms with Crippen molar-refractivity contribution in [1.82, 2.24) is 14.9 Å². The molecule has 3 aliphatic rings. The predicted molar refractivity (Wildman–Crippen MR) is 97.7 cm³/mol. The molecule has 0 bridgehead atoms. The van der Waals surface area contributed by atoms with E-state index in [0.717, 1.165) is 44.0 Å². The van der Waals surface area contributed by atoms with E-state index in [1.807, 2.05) is 18.5 Å². The molecule has 0 saturated carbocycles. The van der Waals surface area contributed by atoms with Crippen LogP contribution in [0, 0.1) is 5.41 Å². The average Bonchev–Trinajstić information content (AvgIpc) is 3.36. The van der Waals surface area contributed by atoms with Gasteiger partial charge in [-0.05, 0) is 43.8 Å². The van der Waals surface area contributed by atoms with E-state index < -0.39 is 0 Å². The van der Waals surface area contributed by atoms with Gasteiger partial charge in [0.2, 0.25) is 6.79 Å². The molecule has 0 amide bonds. The Morgan fingerprint density at radius 2 is 2.04 bits per heavy atom. The lowest BCUT2D eigenvalue weighted by Gasteiger charge is -2.32. The number of hydrogen-bond acceptors (Lipinski definition) is 5. The summed E-state index contributed by atoms with van der Waals surface area (Å²) in [7, 11) is 0. The van der Waals surface area contributed by atoms with Crippen molar-refractivity contribution in [2.45, 2.75) is 31.9 Å². The predicted octanol–water partition coefficient (Wildman–Crippen LogP) is 3.09. The molecule has 1 N–H and O–H groups in total. The summed E-state index contributed by atoms with van der Waals surface area (Å²) in [5, 5.41) is 4.06. The van der Waals surface area contributed by atoms with Crippen LogP contribution in [-0.2, 0) is 11.3 Å². The highest BCUT2D eigenvalue weighted by molar-refractivity contribution is 6.33. The highest BCUT2D eigenvalue weighted by Gasteiger charge is 2.41. The van der Waals surface area contributed by atoms with E-state index in [4.69, 9.17) is 25.8 Å². The molecule has 2 saturated heterocycles. The van der Waals surface area contributed by atoms with E-state index in [1.165, 1.54) is 12.8 Å². The molecule has 6 nitrogen and oxygen atoms in total. The van der Waals surface area contributed by atoms with Crippen LogP contribution in [0.2, 0.25) is 5.02 Å². The molecule has 0 aliphatic carbocycles. The van der Waals surface area contributed by atoms with Crippen molar-refractivity contribution in [3.8, 4) is 22.9 Å². The Kier molecular flexibility index (Phi) is 4.07. The summed E-state index contributed by atoms with van der Waals surface area (Å²) in [5.41, 5.74) is 1.21. The number of nitrogens with one attached hydrogen (secondary N) is 1. The Balaban J connectivity index is 1.37. The lowest BCUT2D eigenvalue weighted by atomic mass is 9.77. The van der Waals surface area contributed by atoms with Crippen molar-refractivity contribution in [2.75, 3.05) is 26.5 Å². The number of nitrogens with zero attached hydrogens (tertiary/aromatic N) is 2. The molecule has 1 unspecified atom stereocenters. The van der Waals surface area contributed by atoms with Gasteiger partial charge in [-0.1, -0.05) is 11.6 Å². The van der Waals surface area contributed by atoms with Crippen molar-refractivity contribution in [1.29, 1.82) is 0 Å². The van der Waals surface area contributed by atoms with E-state index >= 15 is 0 Å². The number of benzene rings is 1. The summed E-state index contributed by atoms with van der Waals surface area (Å²) in [4.78, 5) is 4.54. The average molecular weight is 376 g/mol. The van der Waals surface area contributed by atoms with E-state index in [0.29, 0.717) is 21.9 Å². The lowest BCUT2D eigenvalue weighted by molar-refractivity contribution is 0.0778. The van der Waals surface area contributed by atoms with Gasteiger partial charge < -0.3 is 24.1 Å². The third kappa shape index (κ3) is 2.86. The summed E-state index contributed by atoms with van der Waals surface area (Å²) in [6.07, 6.45) is 7.54. The van der Waals surface area contributed by atoms with Gasteiger partial charge in [-0.15, -0.1) is 0 Å². The van der Waals surface area contributed by atoms with Gasteiger partial charge in [0.25, 0.3) is 0 Å². The monoisotopic (exact) mass is 375 g/mol. The number of halogens is 1. The van der Waals surface area contributed by atoms with Crippen LogP contribution in [0.3, 0.4) is 0 Å². The molecule has 4 heterocycles. The minimum absolute atomic E-state index is 0.217. The van der Waals surface area contributed by atoms with Crippen LogP contribution < -0.4 is 14.8 Å². The van der Waals surface area contributed by atoms with Gasteiger partial charge >= 0.3 is 0 Å². The van der Waals surface area contributed by atoms with Crippen LogP contribution in [0.4, 0.5) is 0 Å². The molecule has 5 rings (SSSR count). The van der Waals surface area contributed by atoms with Gasteiger partial charge in [0, 0.05) is 24.0 Å². The van der Waals surface area contributed by atoms with Crippen LogP contribution in [0.5, 0.6) is 11.5 Å². The first-order valence-corrected chi connectivity index (χ1v) is 9.53. The molecule has 1 spiro atoms. The molecule has 2 aromatic rings. The second-order valence-corrected chi connectivity index (χ2v) is 7.88. The molecule has 7 heteroatoms. The van der Waals surface area contributed by atoms with E-state index in [2.05, 4.69) is 14.9 Å². The maximum Gasteiger partial charge on any atom is 0.231 e. The molecule has 1 aromatic carbocycles. The zero-order chi connectivity index (χ0) is 17.6. The Hall–Kier alpha value is -1.76. The van der Waals surface area contributed by atoms with Gasteiger partial charge in [0.15, 0.2) is 11.5 Å². The van der Waals surface area contributed by atoms with E-state index in [-0.39, 0.29) is 12.9 Å². The molecule has 2 fully saturated rings. The van der Waals surface area contributed by atoms with Crippen molar-refractivity contribution >= 4 is 11.6 Å².